The van der Waals surface area contributed by atoms with Crippen LogP contribution in [0.3, 0.4) is 0 Å². The minimum atomic E-state index is -0.704. The number of amides is 1. The summed E-state index contributed by atoms with van der Waals surface area (Å²) in [7, 11) is 3.73. The highest BCUT2D eigenvalue weighted by Crippen LogP contribution is 2.33. The molecule has 1 aliphatic carbocycles. The number of fused-ring (bicyclic) bond motifs is 2. The molecule has 1 aliphatic heterocycles. The van der Waals surface area contributed by atoms with E-state index in [0.29, 0.717) is 28.4 Å². The van der Waals surface area contributed by atoms with E-state index in [1.165, 1.54) is 12.8 Å². The lowest BCUT2D eigenvalue weighted by Gasteiger charge is -2.34. The Labute approximate surface area is 210 Å². The van der Waals surface area contributed by atoms with Gasteiger partial charge < -0.3 is 20.6 Å². The van der Waals surface area contributed by atoms with Crippen molar-refractivity contribution in [2.45, 2.75) is 50.8 Å². The number of nitrogens with zero attached hydrogens (tertiary/aromatic N) is 5. The zero-order valence-corrected chi connectivity index (χ0v) is 21.0. The van der Waals surface area contributed by atoms with Crippen molar-refractivity contribution >= 4 is 39.1 Å². The molecule has 2 fully saturated rings. The number of carbonyl (C=O) groups is 1. The van der Waals surface area contributed by atoms with Crippen LogP contribution >= 0.6 is 0 Å². The number of piperidine rings is 1. The highest BCUT2D eigenvalue weighted by molar-refractivity contribution is 6.14. The quantitative estimate of drug-likeness (QED) is 0.385. The van der Waals surface area contributed by atoms with E-state index in [-0.39, 0.29) is 5.91 Å². The Hall–Kier alpha value is -3.43. The zero-order chi connectivity index (χ0) is 25.0. The van der Waals surface area contributed by atoms with Gasteiger partial charge in [-0.05, 0) is 56.9 Å². The van der Waals surface area contributed by atoms with Crippen LogP contribution in [0.4, 0.5) is 11.4 Å². The van der Waals surface area contributed by atoms with Crippen LogP contribution in [-0.4, -0.2) is 55.7 Å². The van der Waals surface area contributed by atoms with Crippen molar-refractivity contribution in [1.82, 2.24) is 24.9 Å². The molecule has 188 valence electrons. The number of aryl methyl sites for hydroxylation is 2. The molecule has 0 spiro atoms. The smallest absolute Gasteiger partial charge is 0.257 e. The molecule has 1 unspecified atom stereocenters. The van der Waals surface area contributed by atoms with Gasteiger partial charge in [0.2, 0.25) is 0 Å². The lowest BCUT2D eigenvalue weighted by molar-refractivity contribution is 0.102. The van der Waals surface area contributed by atoms with E-state index in [0.717, 1.165) is 53.9 Å². The van der Waals surface area contributed by atoms with Gasteiger partial charge in [-0.1, -0.05) is 0 Å². The normalized spacial score (nSPS) is 17.7. The Morgan fingerprint density at radius 2 is 1.69 bits per heavy atom. The van der Waals surface area contributed by atoms with Gasteiger partial charge in [0.05, 0.1) is 17.2 Å². The van der Waals surface area contributed by atoms with Gasteiger partial charge in [0.15, 0.2) is 0 Å². The number of nitrogens with one attached hydrogen (secondary N) is 2. The Kier molecular flexibility index (Phi) is 5.69. The standard InChI is InChI=1S/C27H33N7O2/c1-16(35)22-13-20(12-17-14-32(2)30-25(17)22)29-27(36)21-6-7-24(23-15-33(3)31-26(21)23)34-10-8-19(9-11-34)28-18-4-5-18/h6-7,12-16,18-19,28,35H,4-5,8-11H2,1-3H3,(H,29,36). The number of hydrogen-bond donors (Lipinski definition) is 3. The molecule has 9 heteroatoms. The summed E-state index contributed by atoms with van der Waals surface area (Å²) < 4.78 is 3.49. The second kappa shape index (κ2) is 8.90. The minimum absolute atomic E-state index is 0.225. The maximum atomic E-state index is 13.4. The monoisotopic (exact) mass is 487 g/mol. The molecule has 36 heavy (non-hydrogen) atoms. The van der Waals surface area contributed by atoms with E-state index in [9.17, 15) is 9.90 Å². The molecule has 1 amide bonds. The van der Waals surface area contributed by atoms with E-state index >= 15 is 0 Å². The second-order valence-corrected chi connectivity index (χ2v) is 10.3. The van der Waals surface area contributed by atoms with Gasteiger partial charge in [0.1, 0.15) is 5.52 Å². The van der Waals surface area contributed by atoms with Crippen LogP contribution in [0, 0.1) is 0 Å². The topological polar surface area (TPSA) is 100 Å². The van der Waals surface area contributed by atoms with Gasteiger partial charge in [-0.15, -0.1) is 0 Å². The average molecular weight is 488 g/mol. The molecule has 1 saturated heterocycles. The largest absolute Gasteiger partial charge is 0.389 e. The Morgan fingerprint density at radius 1 is 1.00 bits per heavy atom. The summed E-state index contributed by atoms with van der Waals surface area (Å²) in [6.45, 7) is 3.69. The fourth-order valence-electron chi connectivity index (χ4n) is 5.41. The first-order valence-corrected chi connectivity index (χ1v) is 12.8. The summed E-state index contributed by atoms with van der Waals surface area (Å²) >= 11 is 0. The van der Waals surface area contributed by atoms with Crippen LogP contribution in [0.2, 0.25) is 0 Å². The van der Waals surface area contributed by atoms with Crippen LogP contribution in [0.25, 0.3) is 21.8 Å². The fourth-order valence-corrected chi connectivity index (χ4v) is 5.41. The van der Waals surface area contributed by atoms with E-state index in [2.05, 4.69) is 31.8 Å². The number of anilines is 2. The van der Waals surface area contributed by atoms with E-state index < -0.39 is 6.10 Å². The summed E-state index contributed by atoms with van der Waals surface area (Å²) in [6, 6.07) is 8.95. The molecular weight excluding hydrogens is 454 g/mol. The van der Waals surface area contributed by atoms with Crippen molar-refractivity contribution in [2.24, 2.45) is 14.1 Å². The predicted molar refractivity (Wildman–Crippen MR) is 141 cm³/mol. The molecule has 3 heterocycles. The average Bonchev–Trinajstić information content (AvgIpc) is 3.44. The van der Waals surface area contributed by atoms with Crippen molar-refractivity contribution in [2.75, 3.05) is 23.3 Å². The number of benzene rings is 2. The van der Waals surface area contributed by atoms with Gasteiger partial charge in [0, 0.05) is 79.4 Å². The molecule has 4 aromatic rings. The molecule has 2 aromatic heterocycles. The molecule has 6 rings (SSSR count). The van der Waals surface area contributed by atoms with Crippen LogP contribution in [-0.2, 0) is 14.1 Å². The van der Waals surface area contributed by atoms with Crippen LogP contribution < -0.4 is 15.5 Å². The minimum Gasteiger partial charge on any atom is -0.389 e. The van der Waals surface area contributed by atoms with Crippen LogP contribution in [0.5, 0.6) is 0 Å². The molecule has 1 atom stereocenters. The van der Waals surface area contributed by atoms with Crippen molar-refractivity contribution < 1.29 is 9.90 Å². The van der Waals surface area contributed by atoms with Gasteiger partial charge in [-0.25, -0.2) is 0 Å². The third-order valence-electron chi connectivity index (χ3n) is 7.36. The summed E-state index contributed by atoms with van der Waals surface area (Å²) in [5, 5.41) is 28.0. The Balaban J connectivity index is 1.27. The summed E-state index contributed by atoms with van der Waals surface area (Å²) in [4.78, 5) is 15.9. The molecule has 0 radical (unpaired) electrons. The zero-order valence-electron chi connectivity index (χ0n) is 21.0. The van der Waals surface area contributed by atoms with Crippen molar-refractivity contribution in [3.63, 3.8) is 0 Å². The van der Waals surface area contributed by atoms with Gasteiger partial charge in [0.25, 0.3) is 5.91 Å². The molecule has 1 saturated carbocycles. The van der Waals surface area contributed by atoms with Crippen LogP contribution in [0.15, 0.2) is 36.7 Å². The Bertz CT molecular complexity index is 1440. The lowest BCUT2D eigenvalue weighted by Crippen LogP contribution is -2.43. The van der Waals surface area contributed by atoms with Gasteiger partial charge in [-0.2, -0.15) is 10.2 Å². The van der Waals surface area contributed by atoms with Gasteiger partial charge in [-0.3, -0.25) is 14.2 Å². The molecule has 3 N–H and O–H groups in total. The Morgan fingerprint density at radius 3 is 2.42 bits per heavy atom. The van der Waals surface area contributed by atoms with Crippen molar-refractivity contribution in [3.05, 3.63) is 47.8 Å². The van der Waals surface area contributed by atoms with E-state index in [1.54, 1.807) is 22.4 Å². The lowest BCUT2D eigenvalue weighted by atomic mass is 10.0. The van der Waals surface area contributed by atoms with Crippen molar-refractivity contribution in [3.8, 4) is 0 Å². The molecule has 2 aliphatic rings. The first-order valence-electron chi connectivity index (χ1n) is 12.8. The number of aliphatic hydroxyl groups excluding tert-OH is 1. The number of hydrogen-bond acceptors (Lipinski definition) is 6. The van der Waals surface area contributed by atoms with Crippen LogP contribution in [0.1, 0.15) is 54.6 Å². The third kappa shape index (κ3) is 4.33. The molecule has 0 bridgehead atoms. The number of aliphatic hydroxyl groups is 1. The third-order valence-corrected chi connectivity index (χ3v) is 7.36. The first kappa shape index (κ1) is 23.0. The summed E-state index contributed by atoms with van der Waals surface area (Å²) in [5.74, 6) is -0.225. The summed E-state index contributed by atoms with van der Waals surface area (Å²) in [5.41, 5.74) is 4.40. The molecular formula is C27H33N7O2. The SMILES string of the molecule is CC(O)c1cc(NC(=O)c2ccc(N3CCC(NC4CC4)CC3)c3cn(C)nc23)cc2cn(C)nc12. The fraction of sp³-hybridized carbons (Fsp3) is 0.444. The van der Waals surface area contributed by atoms with E-state index in [1.807, 2.05) is 38.6 Å². The number of aromatic nitrogens is 4. The maximum absolute atomic E-state index is 13.4. The molecule has 9 nitrogen and oxygen atoms in total. The molecule has 2 aromatic carbocycles. The first-order chi connectivity index (χ1) is 17.4. The van der Waals surface area contributed by atoms with Crippen molar-refractivity contribution in [1.29, 1.82) is 0 Å². The van der Waals surface area contributed by atoms with Gasteiger partial charge >= 0.3 is 0 Å². The number of rotatable bonds is 6. The maximum Gasteiger partial charge on any atom is 0.257 e. The number of carbonyl (C=O) groups excluding carboxylic acids is 1. The second-order valence-electron chi connectivity index (χ2n) is 10.3. The highest BCUT2D eigenvalue weighted by atomic mass is 16.3. The highest BCUT2D eigenvalue weighted by Gasteiger charge is 2.28. The summed E-state index contributed by atoms with van der Waals surface area (Å²) in [6.07, 6.45) is 8.07. The predicted octanol–water partition coefficient (Wildman–Crippen LogP) is 3.49. The van der Waals surface area contributed by atoms with E-state index in [4.69, 9.17) is 0 Å².